The van der Waals surface area contributed by atoms with Crippen molar-refractivity contribution in [3.63, 3.8) is 0 Å². The molecule has 6 nitrogen and oxygen atoms in total. The van der Waals surface area contributed by atoms with E-state index < -0.39 is 35.3 Å². The maximum atomic E-state index is 16.1. The lowest BCUT2D eigenvalue weighted by atomic mass is 9.77. The van der Waals surface area contributed by atoms with Crippen molar-refractivity contribution in [1.82, 2.24) is 4.98 Å². The van der Waals surface area contributed by atoms with Gasteiger partial charge >= 0.3 is 6.09 Å². The molecular formula is C28H24F2N4O2. The normalized spacial score (nSPS) is 18.1. The van der Waals surface area contributed by atoms with Gasteiger partial charge in [-0.25, -0.2) is 13.6 Å². The molecule has 0 spiro atoms. The summed E-state index contributed by atoms with van der Waals surface area (Å²) in [5.74, 6) is -1.95. The number of hydrogen-bond donors (Lipinski definition) is 3. The second-order valence-electron chi connectivity index (χ2n) is 9.53. The molecular weight excluding hydrogens is 462 g/mol. The molecule has 0 aliphatic carbocycles. The number of aromatic amines is 1. The molecule has 0 fully saturated rings. The Morgan fingerprint density at radius 2 is 1.89 bits per heavy atom. The summed E-state index contributed by atoms with van der Waals surface area (Å²) in [6.07, 6.45) is 0.247. The first-order valence-corrected chi connectivity index (χ1v) is 11.5. The van der Waals surface area contributed by atoms with Crippen LogP contribution in [0.3, 0.4) is 0 Å². The number of para-hydroxylation sites is 1. The van der Waals surface area contributed by atoms with Crippen molar-refractivity contribution in [2.24, 2.45) is 0 Å². The molecule has 2 heterocycles. The van der Waals surface area contributed by atoms with Crippen molar-refractivity contribution in [1.29, 1.82) is 5.26 Å². The zero-order valence-corrected chi connectivity index (χ0v) is 19.9. The van der Waals surface area contributed by atoms with Gasteiger partial charge in [0.2, 0.25) is 0 Å². The van der Waals surface area contributed by atoms with E-state index >= 15 is 8.78 Å². The number of carbonyl (C=O) groups is 1. The number of benzene rings is 3. The van der Waals surface area contributed by atoms with Crippen LogP contribution in [0.2, 0.25) is 0 Å². The summed E-state index contributed by atoms with van der Waals surface area (Å²) in [6.45, 7) is 5.39. The molecule has 36 heavy (non-hydrogen) atoms. The third kappa shape index (κ3) is 3.93. The Labute approximate surface area is 206 Å². The van der Waals surface area contributed by atoms with E-state index in [1.807, 2.05) is 32.0 Å². The van der Waals surface area contributed by atoms with Gasteiger partial charge in [0.15, 0.2) is 0 Å². The second-order valence-corrected chi connectivity index (χ2v) is 9.53. The van der Waals surface area contributed by atoms with Gasteiger partial charge in [-0.2, -0.15) is 5.26 Å². The number of amides is 1. The van der Waals surface area contributed by atoms with E-state index in [-0.39, 0.29) is 11.1 Å². The summed E-state index contributed by atoms with van der Waals surface area (Å²) >= 11 is 0. The molecule has 1 aromatic heterocycles. The summed E-state index contributed by atoms with van der Waals surface area (Å²) < 4.78 is 37.2. The lowest BCUT2D eigenvalue weighted by Gasteiger charge is -2.44. The molecule has 2 atom stereocenters. The minimum Gasteiger partial charge on any atom is -0.443 e. The smallest absolute Gasteiger partial charge is 0.411 e. The SMILES string of the molecule is C[C@H]1c2c(cc(F)c(-c3cccc4cc[nH]c34)c2F)NC(C)(C)[C@@H]1OC(=O)Nc1ccc(C#N)cc1. The molecule has 5 rings (SSSR count). The van der Waals surface area contributed by atoms with Crippen LogP contribution in [0.5, 0.6) is 0 Å². The molecule has 8 heteroatoms. The average molecular weight is 487 g/mol. The highest BCUT2D eigenvalue weighted by molar-refractivity contribution is 5.95. The highest BCUT2D eigenvalue weighted by Crippen LogP contribution is 2.46. The largest absolute Gasteiger partial charge is 0.443 e. The number of halogens is 2. The molecule has 182 valence electrons. The third-order valence-corrected chi connectivity index (χ3v) is 6.68. The number of hydrogen-bond acceptors (Lipinski definition) is 4. The van der Waals surface area contributed by atoms with Gasteiger partial charge in [0.1, 0.15) is 17.7 Å². The number of nitriles is 1. The Kier molecular flexibility index (Phi) is 5.64. The minimum atomic E-state index is -0.811. The molecule has 0 saturated heterocycles. The van der Waals surface area contributed by atoms with Gasteiger partial charge in [-0.3, -0.25) is 5.32 Å². The molecule has 1 amide bonds. The molecule has 1 aliphatic heterocycles. The van der Waals surface area contributed by atoms with Gasteiger partial charge in [-0.15, -0.1) is 0 Å². The van der Waals surface area contributed by atoms with Crippen molar-refractivity contribution < 1.29 is 18.3 Å². The molecule has 3 N–H and O–H groups in total. The van der Waals surface area contributed by atoms with Crippen LogP contribution in [0, 0.1) is 23.0 Å². The summed E-state index contributed by atoms with van der Waals surface area (Å²) in [6, 6.07) is 16.8. The first kappa shape index (κ1) is 23.4. The van der Waals surface area contributed by atoms with Crippen LogP contribution in [0.4, 0.5) is 25.0 Å². The first-order chi connectivity index (χ1) is 17.2. The summed E-state index contributed by atoms with van der Waals surface area (Å²) in [5, 5.41) is 15.6. The molecule has 3 aromatic carbocycles. The molecule has 0 saturated carbocycles. The second kappa shape index (κ2) is 8.68. The summed E-state index contributed by atoms with van der Waals surface area (Å²) in [4.78, 5) is 15.8. The van der Waals surface area contributed by atoms with Crippen molar-refractivity contribution >= 4 is 28.4 Å². The Balaban J connectivity index is 1.50. The molecule has 0 bridgehead atoms. The highest BCUT2D eigenvalue weighted by Gasteiger charge is 2.45. The van der Waals surface area contributed by atoms with E-state index in [4.69, 9.17) is 10.00 Å². The fourth-order valence-electron chi connectivity index (χ4n) is 5.06. The van der Waals surface area contributed by atoms with E-state index in [1.54, 1.807) is 49.5 Å². The maximum Gasteiger partial charge on any atom is 0.411 e. The van der Waals surface area contributed by atoms with Crippen molar-refractivity contribution in [3.05, 3.63) is 83.6 Å². The monoisotopic (exact) mass is 486 g/mol. The van der Waals surface area contributed by atoms with E-state index in [2.05, 4.69) is 15.6 Å². The Morgan fingerprint density at radius 3 is 2.61 bits per heavy atom. The fraction of sp³-hybridized carbons (Fsp3) is 0.214. The van der Waals surface area contributed by atoms with E-state index in [9.17, 15) is 4.79 Å². The van der Waals surface area contributed by atoms with Gasteiger partial charge < -0.3 is 15.0 Å². The number of ether oxygens (including phenoxy) is 1. The maximum absolute atomic E-state index is 16.1. The van der Waals surface area contributed by atoms with Crippen molar-refractivity contribution in [2.45, 2.75) is 38.3 Å². The van der Waals surface area contributed by atoms with Gasteiger partial charge in [0.25, 0.3) is 0 Å². The number of anilines is 2. The van der Waals surface area contributed by atoms with E-state index in [0.717, 1.165) is 5.39 Å². The van der Waals surface area contributed by atoms with Gasteiger partial charge in [-0.1, -0.05) is 25.1 Å². The number of rotatable bonds is 3. The standard InChI is InChI=1S/C28H24F2N4O2/c1-15-22-21(13-20(29)23(24(22)30)19-6-4-5-17-11-12-32-25(17)19)34-28(2,3)26(15)36-27(35)33-18-9-7-16(14-31)8-10-18/h4-13,15,26,32,34H,1-3H3,(H,33,35)/t15-,26+/m0/s1. The minimum absolute atomic E-state index is 0.129. The predicted octanol–water partition coefficient (Wildman–Crippen LogP) is 6.91. The molecule has 0 radical (unpaired) electrons. The van der Waals surface area contributed by atoms with Crippen LogP contribution >= 0.6 is 0 Å². The zero-order chi connectivity index (χ0) is 25.6. The highest BCUT2D eigenvalue weighted by atomic mass is 19.1. The van der Waals surface area contributed by atoms with Crippen LogP contribution in [0.1, 0.15) is 37.8 Å². The average Bonchev–Trinajstić information content (AvgIpc) is 3.31. The van der Waals surface area contributed by atoms with Gasteiger partial charge in [0, 0.05) is 34.6 Å². The zero-order valence-electron chi connectivity index (χ0n) is 19.9. The quantitative estimate of drug-likeness (QED) is 0.294. The number of nitrogens with zero attached hydrogens (tertiary/aromatic N) is 1. The van der Waals surface area contributed by atoms with Crippen molar-refractivity contribution in [2.75, 3.05) is 10.6 Å². The topological polar surface area (TPSA) is 89.9 Å². The number of nitrogens with one attached hydrogen (secondary N) is 3. The number of aromatic nitrogens is 1. The molecule has 1 aliphatic rings. The number of fused-ring (bicyclic) bond motifs is 2. The Hall–Kier alpha value is -4.38. The van der Waals surface area contributed by atoms with Crippen LogP contribution in [0.15, 0.2) is 60.8 Å². The lowest BCUT2D eigenvalue weighted by molar-refractivity contribution is 0.0561. The summed E-state index contributed by atoms with van der Waals surface area (Å²) in [7, 11) is 0. The van der Waals surface area contributed by atoms with E-state index in [1.165, 1.54) is 6.07 Å². The van der Waals surface area contributed by atoms with Crippen LogP contribution in [0.25, 0.3) is 22.0 Å². The van der Waals surface area contributed by atoms with Gasteiger partial charge in [-0.05, 0) is 55.6 Å². The first-order valence-electron chi connectivity index (χ1n) is 11.5. The summed E-state index contributed by atoms with van der Waals surface area (Å²) in [5.41, 5.74) is 1.63. The van der Waals surface area contributed by atoms with Crippen LogP contribution in [-0.2, 0) is 4.74 Å². The third-order valence-electron chi connectivity index (χ3n) is 6.68. The molecule has 4 aromatic rings. The Bertz CT molecular complexity index is 1520. The van der Waals surface area contributed by atoms with E-state index in [0.29, 0.717) is 28.0 Å². The number of H-pyrrole nitrogens is 1. The van der Waals surface area contributed by atoms with Crippen molar-refractivity contribution in [3.8, 4) is 17.2 Å². The predicted molar refractivity (Wildman–Crippen MR) is 135 cm³/mol. The Morgan fingerprint density at radius 1 is 1.14 bits per heavy atom. The van der Waals surface area contributed by atoms with Gasteiger partial charge in [0.05, 0.1) is 28.3 Å². The number of carbonyl (C=O) groups excluding carboxylic acids is 1. The lowest BCUT2D eigenvalue weighted by Crippen LogP contribution is -2.52. The van der Waals surface area contributed by atoms with Crippen LogP contribution in [-0.4, -0.2) is 22.7 Å². The van der Waals surface area contributed by atoms with Crippen LogP contribution < -0.4 is 10.6 Å². The fourth-order valence-corrected chi connectivity index (χ4v) is 5.06. The molecule has 0 unspecified atom stereocenters.